The van der Waals surface area contributed by atoms with Crippen molar-refractivity contribution in [2.75, 3.05) is 19.8 Å². The molecule has 0 aromatic heterocycles. The number of unbranched alkanes of at least 4 members (excludes halogenated alkanes) is 3. The normalized spacial score (nSPS) is 31.1. The Balaban J connectivity index is 1.63. The number of carbonyl (C=O) groups excluding carboxylic acids is 1. The minimum Gasteiger partial charge on any atom is -0.466 e. The molecule has 1 saturated carbocycles. The third-order valence-corrected chi connectivity index (χ3v) is 6.26. The number of halogens is 1. The van der Waals surface area contributed by atoms with E-state index in [4.69, 9.17) is 25.8 Å². The minimum absolute atomic E-state index is 0.000985. The fraction of sp³-hybridized carbons (Fsp3) is 0.952. The average molecular weight is 405 g/mol. The summed E-state index contributed by atoms with van der Waals surface area (Å²) < 4.78 is 16.9. The molecule has 1 aliphatic heterocycles. The van der Waals surface area contributed by atoms with Crippen molar-refractivity contribution in [3.63, 3.8) is 0 Å². The van der Waals surface area contributed by atoms with Crippen LogP contribution in [0.2, 0.25) is 0 Å². The lowest BCUT2D eigenvalue weighted by Crippen LogP contribution is -2.33. The van der Waals surface area contributed by atoms with Crippen LogP contribution in [0.4, 0.5) is 0 Å². The predicted octanol–water partition coefficient (Wildman–Crippen LogP) is 4.43. The van der Waals surface area contributed by atoms with Gasteiger partial charge in [0, 0.05) is 30.9 Å². The molecule has 0 spiro atoms. The number of hydrogen-bond donors (Lipinski definition) is 1. The van der Waals surface area contributed by atoms with E-state index in [1.807, 2.05) is 6.92 Å². The Morgan fingerprint density at radius 2 is 2.00 bits per heavy atom. The highest BCUT2D eigenvalue weighted by Gasteiger charge is 2.43. The Labute approximate surface area is 169 Å². The van der Waals surface area contributed by atoms with E-state index in [2.05, 4.69) is 0 Å². The molecule has 0 aromatic carbocycles. The molecule has 2 aliphatic rings. The summed E-state index contributed by atoms with van der Waals surface area (Å²) in [5.41, 5.74) is 0. The Hall–Kier alpha value is -0.360. The Kier molecular flexibility index (Phi) is 11.0. The zero-order valence-corrected chi connectivity index (χ0v) is 17.5. The predicted molar refractivity (Wildman–Crippen MR) is 106 cm³/mol. The molecule has 5 atom stereocenters. The number of aliphatic hydroxyl groups excluding tert-OH is 1. The molecule has 1 N–H and O–H groups in total. The van der Waals surface area contributed by atoms with Gasteiger partial charge in [-0.3, -0.25) is 4.79 Å². The molecule has 0 radical (unpaired) electrons. The van der Waals surface area contributed by atoms with Gasteiger partial charge in [0.15, 0.2) is 6.29 Å². The second kappa shape index (κ2) is 13.0. The number of esters is 1. The fourth-order valence-corrected chi connectivity index (χ4v) is 4.71. The first-order valence-electron chi connectivity index (χ1n) is 10.8. The maximum atomic E-state index is 11.5. The smallest absolute Gasteiger partial charge is 0.305 e. The molecule has 1 unspecified atom stereocenters. The molecule has 6 heteroatoms. The number of carbonyl (C=O) groups is 1. The fourth-order valence-electron chi connectivity index (χ4n) is 4.22. The molecular weight excluding hydrogens is 368 g/mol. The Morgan fingerprint density at radius 3 is 2.70 bits per heavy atom. The molecule has 2 rings (SSSR count). The van der Waals surface area contributed by atoms with E-state index in [0.29, 0.717) is 18.9 Å². The monoisotopic (exact) mass is 404 g/mol. The topological polar surface area (TPSA) is 65.0 Å². The Morgan fingerprint density at radius 1 is 1.19 bits per heavy atom. The van der Waals surface area contributed by atoms with Gasteiger partial charge in [0.2, 0.25) is 0 Å². The highest BCUT2D eigenvalue weighted by Crippen LogP contribution is 2.41. The summed E-state index contributed by atoms with van der Waals surface area (Å²) in [7, 11) is 0. The van der Waals surface area contributed by atoms with Gasteiger partial charge in [-0.15, -0.1) is 11.6 Å². The number of hydrogen-bond acceptors (Lipinski definition) is 5. The van der Waals surface area contributed by atoms with E-state index in [1.54, 1.807) is 0 Å². The van der Waals surface area contributed by atoms with Crippen LogP contribution in [0, 0.1) is 11.8 Å². The van der Waals surface area contributed by atoms with E-state index in [0.717, 1.165) is 70.8 Å². The molecular formula is C21H37ClO5. The van der Waals surface area contributed by atoms with Gasteiger partial charge in [-0.25, -0.2) is 0 Å². The van der Waals surface area contributed by atoms with Crippen LogP contribution in [-0.4, -0.2) is 48.7 Å². The first-order chi connectivity index (χ1) is 13.2. The van der Waals surface area contributed by atoms with Crippen molar-refractivity contribution in [1.29, 1.82) is 0 Å². The van der Waals surface area contributed by atoms with Gasteiger partial charge in [0.05, 0.1) is 12.7 Å². The molecule has 0 bridgehead atoms. The number of aliphatic hydroxyl groups is 1. The summed E-state index contributed by atoms with van der Waals surface area (Å²) in [6, 6.07) is 0. The maximum absolute atomic E-state index is 11.5. The van der Waals surface area contributed by atoms with Gasteiger partial charge < -0.3 is 19.3 Å². The van der Waals surface area contributed by atoms with E-state index >= 15 is 0 Å². The molecule has 158 valence electrons. The number of rotatable bonds is 12. The largest absolute Gasteiger partial charge is 0.466 e. The number of ether oxygens (including phenoxy) is 3. The summed E-state index contributed by atoms with van der Waals surface area (Å²) in [5.74, 6) is 0.306. The summed E-state index contributed by atoms with van der Waals surface area (Å²) in [4.78, 5) is 11.5. The van der Waals surface area contributed by atoms with Gasteiger partial charge in [0.1, 0.15) is 0 Å². The lowest BCUT2D eigenvalue weighted by molar-refractivity contribution is -0.197. The maximum Gasteiger partial charge on any atom is 0.305 e. The second-order valence-electron chi connectivity index (χ2n) is 7.91. The van der Waals surface area contributed by atoms with E-state index < -0.39 is 0 Å². The highest BCUT2D eigenvalue weighted by atomic mass is 35.5. The summed E-state index contributed by atoms with van der Waals surface area (Å²) in [5, 5.41) is 9.95. The standard InChI is InChI=1S/C21H37ClO5/c1-2-12-25-20(24)10-6-4-3-5-9-16-17(15-23)19(14-18(16)22)27-21-11-7-8-13-26-21/h16-19,21,23H,2-15H2,1H3/t16-,17-,18+,19-,21?/m1/s1. The van der Waals surface area contributed by atoms with Crippen molar-refractivity contribution in [3.8, 4) is 0 Å². The second-order valence-corrected chi connectivity index (χ2v) is 8.47. The van der Waals surface area contributed by atoms with Crippen LogP contribution in [0.5, 0.6) is 0 Å². The van der Waals surface area contributed by atoms with Gasteiger partial charge in [-0.2, -0.15) is 0 Å². The van der Waals surface area contributed by atoms with Crippen molar-refractivity contribution in [2.24, 2.45) is 11.8 Å². The van der Waals surface area contributed by atoms with Crippen LogP contribution < -0.4 is 0 Å². The highest BCUT2D eigenvalue weighted by molar-refractivity contribution is 6.21. The van der Waals surface area contributed by atoms with Crippen molar-refractivity contribution in [1.82, 2.24) is 0 Å². The van der Waals surface area contributed by atoms with E-state index in [1.165, 1.54) is 0 Å². The quantitative estimate of drug-likeness (QED) is 0.296. The third-order valence-electron chi connectivity index (χ3n) is 5.76. The van der Waals surface area contributed by atoms with Gasteiger partial charge in [0.25, 0.3) is 0 Å². The van der Waals surface area contributed by atoms with Crippen LogP contribution in [0.25, 0.3) is 0 Å². The van der Waals surface area contributed by atoms with Crippen LogP contribution in [0.1, 0.15) is 77.6 Å². The zero-order valence-electron chi connectivity index (χ0n) is 16.7. The van der Waals surface area contributed by atoms with Crippen LogP contribution in [-0.2, 0) is 19.0 Å². The Bertz CT molecular complexity index is 413. The van der Waals surface area contributed by atoms with Crippen molar-refractivity contribution < 1.29 is 24.1 Å². The van der Waals surface area contributed by atoms with Crippen LogP contribution >= 0.6 is 11.6 Å². The van der Waals surface area contributed by atoms with Gasteiger partial charge >= 0.3 is 5.97 Å². The first kappa shape index (κ1) is 22.9. The SMILES string of the molecule is CCCOC(=O)CCCCCC[C@@H]1[C@@H](CO)[C@H](OC2CCCCO2)C[C@@H]1Cl. The van der Waals surface area contributed by atoms with Crippen molar-refractivity contribution in [3.05, 3.63) is 0 Å². The lowest BCUT2D eigenvalue weighted by Gasteiger charge is -2.29. The van der Waals surface area contributed by atoms with Gasteiger partial charge in [-0.05, 0) is 50.9 Å². The zero-order chi connectivity index (χ0) is 19.5. The average Bonchev–Trinajstić information content (AvgIpc) is 2.97. The molecule has 27 heavy (non-hydrogen) atoms. The third kappa shape index (κ3) is 7.88. The van der Waals surface area contributed by atoms with Crippen LogP contribution in [0.3, 0.4) is 0 Å². The minimum atomic E-state index is -0.132. The molecule has 1 heterocycles. The molecule has 0 aromatic rings. The lowest BCUT2D eigenvalue weighted by atomic mass is 9.90. The molecule has 1 saturated heterocycles. The summed E-state index contributed by atoms with van der Waals surface area (Å²) in [6.07, 6.45) is 10.3. The van der Waals surface area contributed by atoms with Crippen molar-refractivity contribution >= 4 is 17.6 Å². The molecule has 5 nitrogen and oxygen atoms in total. The molecule has 2 fully saturated rings. The van der Waals surface area contributed by atoms with E-state index in [9.17, 15) is 9.90 Å². The van der Waals surface area contributed by atoms with Crippen molar-refractivity contribution in [2.45, 2.75) is 95.3 Å². The summed E-state index contributed by atoms with van der Waals surface area (Å²) in [6.45, 7) is 3.41. The number of alkyl halides is 1. The van der Waals surface area contributed by atoms with E-state index in [-0.39, 0.29) is 36.3 Å². The van der Waals surface area contributed by atoms with Gasteiger partial charge in [-0.1, -0.05) is 26.2 Å². The molecule has 1 aliphatic carbocycles. The first-order valence-corrected chi connectivity index (χ1v) is 11.3. The summed E-state index contributed by atoms with van der Waals surface area (Å²) >= 11 is 6.60. The molecule has 0 amide bonds. The van der Waals surface area contributed by atoms with Crippen LogP contribution in [0.15, 0.2) is 0 Å².